The Labute approximate surface area is 117 Å². The molecule has 1 rings (SSSR count). The minimum Gasteiger partial charge on any atom is -0.504 e. The van der Waals surface area contributed by atoms with Gasteiger partial charge >= 0.3 is 0 Å². The third kappa shape index (κ3) is 5.05. The van der Waals surface area contributed by atoms with Crippen molar-refractivity contribution >= 4 is 39.7 Å². The van der Waals surface area contributed by atoms with Crippen molar-refractivity contribution in [3.63, 3.8) is 0 Å². The minimum absolute atomic E-state index is 0. The van der Waals surface area contributed by atoms with Crippen LogP contribution in [0.2, 0.25) is 0 Å². The number of likely N-dealkylation sites (N-methyl/N-ethyl adjacent to an activating group) is 1. The van der Waals surface area contributed by atoms with E-state index in [0.717, 1.165) is 18.5 Å². The van der Waals surface area contributed by atoms with Crippen molar-refractivity contribution in [2.75, 3.05) is 26.4 Å². The van der Waals surface area contributed by atoms with Gasteiger partial charge in [-0.3, -0.25) is 0 Å². The van der Waals surface area contributed by atoms with Crippen LogP contribution in [0, 0.1) is 0 Å². The standard InChI is InChI=1S/C10H16N2O2.2BrH/c1-12(2)4-3-7-5-9(13)10(14)6-8(7)11;;/h5-6,13-14H,3-4,11H2,1-2H3;2*1H. The molecule has 16 heavy (non-hydrogen) atoms. The highest BCUT2D eigenvalue weighted by molar-refractivity contribution is 8.93. The number of rotatable bonds is 3. The Morgan fingerprint density at radius 1 is 1.12 bits per heavy atom. The maximum Gasteiger partial charge on any atom is 0.159 e. The molecule has 0 aliphatic heterocycles. The molecule has 1 aromatic carbocycles. The summed E-state index contributed by atoms with van der Waals surface area (Å²) < 4.78 is 0. The lowest BCUT2D eigenvalue weighted by Gasteiger charge is -2.11. The molecule has 0 aliphatic rings. The highest BCUT2D eigenvalue weighted by Gasteiger charge is 2.06. The molecule has 0 aromatic heterocycles. The number of phenols is 2. The molecule has 0 spiro atoms. The number of halogens is 2. The van der Waals surface area contributed by atoms with Crippen molar-refractivity contribution in [2.45, 2.75) is 6.42 Å². The van der Waals surface area contributed by atoms with Crippen LogP contribution >= 0.6 is 34.0 Å². The number of anilines is 1. The zero-order valence-electron chi connectivity index (χ0n) is 9.30. The van der Waals surface area contributed by atoms with Crippen LogP contribution in [-0.2, 0) is 6.42 Å². The first kappa shape index (κ1) is 17.9. The summed E-state index contributed by atoms with van der Waals surface area (Å²) >= 11 is 0. The van der Waals surface area contributed by atoms with Gasteiger partial charge in [0.05, 0.1) is 0 Å². The Balaban J connectivity index is 0. The molecule has 0 heterocycles. The van der Waals surface area contributed by atoms with Gasteiger partial charge in [0.25, 0.3) is 0 Å². The molecule has 94 valence electrons. The molecule has 0 saturated heterocycles. The van der Waals surface area contributed by atoms with Crippen molar-refractivity contribution in [1.29, 1.82) is 0 Å². The van der Waals surface area contributed by atoms with Gasteiger partial charge in [-0.15, -0.1) is 34.0 Å². The zero-order chi connectivity index (χ0) is 10.7. The molecule has 0 bridgehead atoms. The fourth-order valence-corrected chi connectivity index (χ4v) is 1.20. The second-order valence-electron chi connectivity index (χ2n) is 3.59. The Kier molecular flexibility index (Phi) is 8.69. The van der Waals surface area contributed by atoms with E-state index in [-0.39, 0.29) is 45.5 Å². The molecule has 4 nitrogen and oxygen atoms in total. The topological polar surface area (TPSA) is 69.7 Å². The second kappa shape index (κ2) is 7.76. The zero-order valence-corrected chi connectivity index (χ0v) is 12.7. The van der Waals surface area contributed by atoms with Crippen molar-refractivity contribution in [3.05, 3.63) is 17.7 Å². The van der Waals surface area contributed by atoms with Gasteiger partial charge in [0, 0.05) is 18.3 Å². The number of benzene rings is 1. The number of hydrogen-bond donors (Lipinski definition) is 3. The van der Waals surface area contributed by atoms with Crippen LogP contribution in [0.1, 0.15) is 5.56 Å². The first-order valence-corrected chi connectivity index (χ1v) is 4.45. The number of aromatic hydroxyl groups is 2. The lowest BCUT2D eigenvalue weighted by Crippen LogP contribution is -2.15. The van der Waals surface area contributed by atoms with E-state index in [9.17, 15) is 5.11 Å². The summed E-state index contributed by atoms with van der Waals surface area (Å²) in [7, 11) is 3.94. The number of hydrogen-bond acceptors (Lipinski definition) is 4. The van der Waals surface area contributed by atoms with Gasteiger partial charge in [-0.2, -0.15) is 0 Å². The Hall–Kier alpha value is -0.460. The maximum atomic E-state index is 9.27. The van der Waals surface area contributed by atoms with Crippen molar-refractivity contribution in [1.82, 2.24) is 4.90 Å². The van der Waals surface area contributed by atoms with E-state index in [2.05, 4.69) is 0 Å². The number of phenolic OH excluding ortho intramolecular Hbond substituents is 2. The first-order chi connectivity index (χ1) is 6.50. The van der Waals surface area contributed by atoms with E-state index >= 15 is 0 Å². The number of nitrogens with zero attached hydrogens (tertiary/aromatic N) is 1. The summed E-state index contributed by atoms with van der Waals surface area (Å²) in [6.07, 6.45) is 0.757. The lowest BCUT2D eigenvalue weighted by molar-refractivity contribution is 0.400. The fourth-order valence-electron chi connectivity index (χ4n) is 1.20. The van der Waals surface area contributed by atoms with E-state index in [1.54, 1.807) is 0 Å². The van der Waals surface area contributed by atoms with Crippen molar-refractivity contribution in [3.8, 4) is 11.5 Å². The highest BCUT2D eigenvalue weighted by atomic mass is 79.9. The van der Waals surface area contributed by atoms with E-state index in [0.29, 0.717) is 5.69 Å². The van der Waals surface area contributed by atoms with E-state index < -0.39 is 0 Å². The van der Waals surface area contributed by atoms with Crippen LogP contribution in [0.25, 0.3) is 0 Å². The van der Waals surface area contributed by atoms with Crippen LogP contribution in [0.3, 0.4) is 0 Å². The predicted octanol–water partition coefficient (Wildman–Crippen LogP) is 1.94. The summed E-state index contributed by atoms with van der Waals surface area (Å²) in [5, 5.41) is 18.4. The van der Waals surface area contributed by atoms with Crippen molar-refractivity contribution in [2.24, 2.45) is 0 Å². The smallest absolute Gasteiger partial charge is 0.159 e. The maximum absolute atomic E-state index is 9.27. The monoisotopic (exact) mass is 356 g/mol. The van der Waals surface area contributed by atoms with Gasteiger partial charge in [0.2, 0.25) is 0 Å². The largest absolute Gasteiger partial charge is 0.504 e. The molecule has 0 aliphatic carbocycles. The van der Waals surface area contributed by atoms with Gasteiger partial charge in [-0.05, 0) is 32.1 Å². The molecular weight excluding hydrogens is 340 g/mol. The summed E-state index contributed by atoms with van der Waals surface area (Å²) in [6.45, 7) is 0.856. The van der Waals surface area contributed by atoms with E-state index in [1.807, 2.05) is 19.0 Å². The molecule has 6 heteroatoms. The van der Waals surface area contributed by atoms with Crippen LogP contribution in [0.4, 0.5) is 5.69 Å². The summed E-state index contributed by atoms with van der Waals surface area (Å²) in [6, 6.07) is 2.88. The predicted molar refractivity (Wildman–Crippen MR) is 77.1 cm³/mol. The molecule has 0 radical (unpaired) electrons. The molecule has 1 aromatic rings. The number of nitrogen functional groups attached to an aromatic ring is 1. The van der Waals surface area contributed by atoms with Crippen LogP contribution in [0.5, 0.6) is 11.5 Å². The molecule has 0 saturated carbocycles. The van der Waals surface area contributed by atoms with Crippen molar-refractivity contribution < 1.29 is 10.2 Å². The van der Waals surface area contributed by atoms with Crippen LogP contribution < -0.4 is 5.73 Å². The normalized spacial score (nSPS) is 9.44. The summed E-state index contributed by atoms with van der Waals surface area (Å²) in [5.41, 5.74) is 7.06. The molecule has 0 unspecified atom stereocenters. The molecule has 0 fully saturated rings. The minimum atomic E-state index is -0.170. The lowest BCUT2D eigenvalue weighted by atomic mass is 10.1. The van der Waals surface area contributed by atoms with E-state index in [1.165, 1.54) is 12.1 Å². The van der Waals surface area contributed by atoms with E-state index in [4.69, 9.17) is 10.8 Å². The van der Waals surface area contributed by atoms with Crippen LogP contribution in [0.15, 0.2) is 12.1 Å². The molecular formula is C10H18Br2N2O2. The third-order valence-corrected chi connectivity index (χ3v) is 2.06. The average Bonchev–Trinajstić information content (AvgIpc) is 2.09. The van der Waals surface area contributed by atoms with Gasteiger partial charge in [0.1, 0.15) is 0 Å². The Morgan fingerprint density at radius 2 is 1.62 bits per heavy atom. The van der Waals surface area contributed by atoms with Gasteiger partial charge in [-0.25, -0.2) is 0 Å². The fraction of sp³-hybridized carbons (Fsp3) is 0.400. The van der Waals surface area contributed by atoms with Gasteiger partial charge < -0.3 is 20.8 Å². The molecule has 0 atom stereocenters. The first-order valence-electron chi connectivity index (χ1n) is 4.45. The number of nitrogens with two attached hydrogens (primary N) is 1. The Morgan fingerprint density at radius 3 is 2.12 bits per heavy atom. The van der Waals surface area contributed by atoms with Crippen LogP contribution in [-0.4, -0.2) is 35.8 Å². The molecule has 4 N–H and O–H groups in total. The summed E-state index contributed by atoms with van der Waals surface area (Å²) in [5.74, 6) is -0.288. The average molecular weight is 358 g/mol. The van der Waals surface area contributed by atoms with Gasteiger partial charge in [-0.1, -0.05) is 0 Å². The second-order valence-corrected chi connectivity index (χ2v) is 3.59. The Bertz CT molecular complexity index is 333. The summed E-state index contributed by atoms with van der Waals surface area (Å²) in [4.78, 5) is 2.03. The SMILES string of the molecule is Br.Br.CN(C)CCc1cc(O)c(O)cc1N. The third-order valence-electron chi connectivity index (χ3n) is 2.06. The molecule has 0 amide bonds. The quantitative estimate of drug-likeness (QED) is 0.439. The highest BCUT2D eigenvalue weighted by Crippen LogP contribution is 2.29. The van der Waals surface area contributed by atoms with Gasteiger partial charge in [0.15, 0.2) is 11.5 Å².